The number of unbranched alkanes of at least 4 members (excludes halogenated alkanes) is 5. The fourth-order valence-electron chi connectivity index (χ4n) is 3.06. The fraction of sp³-hybridized carbons (Fsp3) is 0.957. The van der Waals surface area contributed by atoms with Crippen molar-refractivity contribution < 1.29 is 9.90 Å². The zero-order chi connectivity index (χ0) is 20.5. The van der Waals surface area contributed by atoms with E-state index in [0.29, 0.717) is 11.8 Å². The van der Waals surface area contributed by atoms with Crippen LogP contribution in [0.1, 0.15) is 112 Å². The van der Waals surface area contributed by atoms with Gasteiger partial charge in [-0.15, -0.1) is 0 Å². The summed E-state index contributed by atoms with van der Waals surface area (Å²) in [6, 6.07) is 0. The molecule has 0 aliphatic carbocycles. The highest BCUT2D eigenvalue weighted by atomic mass is 31.2. The SMILES string of the molecule is CC(C)(C)CCCCCC(=O)O.CCCC[P+](C)(CCCC)CCCC.N. The molecule has 0 atom stereocenters. The molecule has 0 fully saturated rings. The maximum absolute atomic E-state index is 10.2. The molecule has 0 saturated carbocycles. The number of rotatable bonds is 14. The van der Waals surface area contributed by atoms with Crippen LogP contribution in [0.2, 0.25) is 0 Å². The first-order valence-corrected chi connectivity index (χ1v) is 13.9. The van der Waals surface area contributed by atoms with Crippen LogP contribution in [-0.4, -0.2) is 36.2 Å². The Balaban J connectivity index is -0.000000416. The minimum absolute atomic E-state index is 0. The first-order chi connectivity index (χ1) is 12.1. The highest BCUT2D eigenvalue weighted by Gasteiger charge is 2.28. The molecule has 0 heterocycles. The van der Waals surface area contributed by atoms with Gasteiger partial charge >= 0.3 is 5.97 Å². The average molecular weight is 407 g/mol. The molecule has 0 aromatic rings. The molecule has 4 N–H and O–H groups in total. The zero-order valence-electron chi connectivity index (χ0n) is 19.9. The predicted octanol–water partition coefficient (Wildman–Crippen LogP) is 8.26. The second-order valence-corrected chi connectivity index (χ2v) is 13.9. The van der Waals surface area contributed by atoms with Crippen molar-refractivity contribution in [2.75, 3.05) is 25.2 Å². The molecule has 0 amide bonds. The van der Waals surface area contributed by atoms with Gasteiger partial charge in [0.15, 0.2) is 0 Å². The number of aliphatic carboxylic acids is 1. The molecule has 3 nitrogen and oxygen atoms in total. The van der Waals surface area contributed by atoms with Crippen LogP contribution in [0.5, 0.6) is 0 Å². The highest BCUT2D eigenvalue weighted by Crippen LogP contribution is 2.57. The average Bonchev–Trinajstić information content (AvgIpc) is 2.55. The molecule has 0 spiro atoms. The molecular weight excluding hydrogens is 353 g/mol. The van der Waals surface area contributed by atoms with Crippen LogP contribution < -0.4 is 6.15 Å². The smallest absolute Gasteiger partial charge is 0.303 e. The quantitative estimate of drug-likeness (QED) is 0.225. The standard InChI is InChI=1S/C13H30P.C10H20O2.H3N/c1-5-8-11-14(4,12-9-6-2)13-10-7-3;1-10(2,3)8-6-4-5-7-9(11)12;/h5-13H2,1-4H3;4-8H2,1-3H3,(H,11,12);1H3/q+1;;. The van der Waals surface area contributed by atoms with Gasteiger partial charge in [0.2, 0.25) is 0 Å². The summed E-state index contributed by atoms with van der Waals surface area (Å²) in [7, 11) is -0.519. The summed E-state index contributed by atoms with van der Waals surface area (Å²) in [5, 5.41) is 8.37. The maximum Gasteiger partial charge on any atom is 0.303 e. The Hall–Kier alpha value is -0.140. The number of hydrogen-bond acceptors (Lipinski definition) is 2. The molecule has 166 valence electrons. The van der Waals surface area contributed by atoms with Gasteiger partial charge in [-0.05, 0) is 37.5 Å². The van der Waals surface area contributed by atoms with Crippen LogP contribution in [0.25, 0.3) is 0 Å². The molecule has 0 aliphatic rings. The van der Waals surface area contributed by atoms with Gasteiger partial charge < -0.3 is 11.3 Å². The second kappa shape index (κ2) is 19.2. The Morgan fingerprint density at radius 2 is 1.19 bits per heavy atom. The van der Waals surface area contributed by atoms with E-state index in [9.17, 15) is 4.79 Å². The zero-order valence-corrected chi connectivity index (χ0v) is 20.8. The lowest BCUT2D eigenvalue weighted by atomic mass is 9.89. The maximum atomic E-state index is 10.2. The van der Waals surface area contributed by atoms with Crippen molar-refractivity contribution in [3.8, 4) is 0 Å². The van der Waals surface area contributed by atoms with E-state index in [1.54, 1.807) is 18.5 Å². The van der Waals surface area contributed by atoms with Crippen LogP contribution >= 0.6 is 7.26 Å². The number of carboxylic acids is 1. The summed E-state index contributed by atoms with van der Waals surface area (Å²) >= 11 is 0. The molecule has 0 unspecified atom stereocenters. The Bertz CT molecular complexity index is 305. The minimum Gasteiger partial charge on any atom is -0.481 e. The van der Waals surface area contributed by atoms with Crippen LogP contribution in [0.4, 0.5) is 0 Å². The van der Waals surface area contributed by atoms with Crippen LogP contribution in [-0.2, 0) is 4.79 Å². The van der Waals surface area contributed by atoms with E-state index in [-0.39, 0.29) is 6.15 Å². The van der Waals surface area contributed by atoms with Gasteiger partial charge in [0.05, 0.1) is 18.5 Å². The number of carbonyl (C=O) groups is 1. The van der Waals surface area contributed by atoms with E-state index in [1.807, 2.05) is 0 Å². The van der Waals surface area contributed by atoms with Crippen molar-refractivity contribution in [2.45, 2.75) is 112 Å². The van der Waals surface area contributed by atoms with E-state index in [1.165, 1.54) is 44.9 Å². The monoisotopic (exact) mass is 406 g/mol. The summed E-state index contributed by atoms with van der Waals surface area (Å²) in [6.07, 6.45) is 17.8. The van der Waals surface area contributed by atoms with Gasteiger partial charge in [-0.3, -0.25) is 4.79 Å². The lowest BCUT2D eigenvalue weighted by Crippen LogP contribution is -2.07. The van der Waals surface area contributed by atoms with Crippen molar-refractivity contribution in [1.29, 1.82) is 0 Å². The van der Waals surface area contributed by atoms with Gasteiger partial charge in [0.1, 0.15) is 0 Å². The minimum atomic E-state index is -0.675. The normalized spacial score (nSPS) is 11.4. The van der Waals surface area contributed by atoms with E-state index in [4.69, 9.17) is 5.11 Å². The van der Waals surface area contributed by atoms with Crippen LogP contribution in [0.15, 0.2) is 0 Å². The van der Waals surface area contributed by atoms with Crippen molar-refractivity contribution in [1.82, 2.24) is 6.15 Å². The molecule has 0 aliphatic heterocycles. The third-order valence-electron chi connectivity index (χ3n) is 4.97. The molecule has 0 bridgehead atoms. The van der Waals surface area contributed by atoms with Crippen molar-refractivity contribution in [3.05, 3.63) is 0 Å². The van der Waals surface area contributed by atoms with Gasteiger partial charge in [0.25, 0.3) is 0 Å². The summed E-state index contributed by atoms with van der Waals surface area (Å²) in [6.45, 7) is 16.2. The summed E-state index contributed by atoms with van der Waals surface area (Å²) in [5.74, 6) is -0.675. The molecule has 0 rings (SSSR count). The van der Waals surface area contributed by atoms with E-state index < -0.39 is 13.2 Å². The lowest BCUT2D eigenvalue weighted by Gasteiger charge is -2.22. The molecule has 0 saturated heterocycles. The van der Waals surface area contributed by atoms with Gasteiger partial charge in [-0.1, -0.05) is 73.6 Å². The molecule has 0 aromatic carbocycles. The van der Waals surface area contributed by atoms with Crippen molar-refractivity contribution in [3.63, 3.8) is 0 Å². The molecule has 4 heteroatoms. The van der Waals surface area contributed by atoms with Gasteiger partial charge in [-0.25, -0.2) is 0 Å². The van der Waals surface area contributed by atoms with E-state index in [2.05, 4.69) is 48.2 Å². The number of hydrogen-bond donors (Lipinski definition) is 2. The van der Waals surface area contributed by atoms with Gasteiger partial charge in [-0.2, -0.15) is 0 Å². The summed E-state index contributed by atoms with van der Waals surface area (Å²) in [5.41, 5.74) is 0.392. The van der Waals surface area contributed by atoms with E-state index >= 15 is 0 Å². The molecule has 0 aromatic heterocycles. The third-order valence-corrected chi connectivity index (χ3v) is 9.16. The predicted molar refractivity (Wildman–Crippen MR) is 127 cm³/mol. The largest absolute Gasteiger partial charge is 0.481 e. The Morgan fingerprint density at radius 1 is 0.778 bits per heavy atom. The molecule has 0 radical (unpaired) electrons. The lowest BCUT2D eigenvalue weighted by molar-refractivity contribution is -0.137. The van der Waals surface area contributed by atoms with Crippen LogP contribution in [0, 0.1) is 5.41 Å². The van der Waals surface area contributed by atoms with Crippen molar-refractivity contribution in [2.24, 2.45) is 5.41 Å². The Kier molecular flexibility index (Phi) is 22.4. The van der Waals surface area contributed by atoms with E-state index in [0.717, 1.165) is 19.3 Å². The number of carboxylic acid groups (broad SMARTS) is 1. The fourth-order valence-corrected chi connectivity index (χ4v) is 6.97. The first kappa shape index (κ1) is 31.6. The summed E-state index contributed by atoms with van der Waals surface area (Å²) < 4.78 is 0. The Morgan fingerprint density at radius 3 is 1.48 bits per heavy atom. The third kappa shape index (κ3) is 25.9. The van der Waals surface area contributed by atoms with Crippen molar-refractivity contribution >= 4 is 13.2 Å². The topological polar surface area (TPSA) is 72.3 Å². The Labute approximate surface area is 172 Å². The first-order valence-electron chi connectivity index (χ1n) is 11.2. The van der Waals surface area contributed by atoms with Gasteiger partial charge in [0, 0.05) is 20.3 Å². The summed E-state index contributed by atoms with van der Waals surface area (Å²) in [4.78, 5) is 10.2. The highest BCUT2D eigenvalue weighted by molar-refractivity contribution is 7.75. The second-order valence-electron chi connectivity index (χ2n) is 9.37. The molecular formula is C23H53NO2P+. The molecule has 27 heavy (non-hydrogen) atoms. The van der Waals surface area contributed by atoms with Crippen LogP contribution in [0.3, 0.4) is 0 Å².